The molecule has 0 atom stereocenters. The van der Waals surface area contributed by atoms with Gasteiger partial charge in [-0.1, -0.05) is 34.1 Å². The van der Waals surface area contributed by atoms with Crippen LogP contribution in [0.4, 0.5) is 5.69 Å². The predicted molar refractivity (Wildman–Crippen MR) is 91.8 cm³/mol. The van der Waals surface area contributed by atoms with Gasteiger partial charge in [0.2, 0.25) is 21.8 Å². The van der Waals surface area contributed by atoms with E-state index in [1.165, 1.54) is 12.1 Å². The molecule has 1 heterocycles. The predicted octanol–water partition coefficient (Wildman–Crippen LogP) is 2.01. The third-order valence-electron chi connectivity index (χ3n) is 3.59. The molecule has 2 aromatic carbocycles. The number of halogens is 1. The quantitative estimate of drug-likeness (QED) is 0.727. The van der Waals surface area contributed by atoms with Crippen LogP contribution in [-0.4, -0.2) is 37.6 Å². The zero-order chi connectivity index (χ0) is 17.3. The van der Waals surface area contributed by atoms with Gasteiger partial charge in [0.25, 0.3) is 0 Å². The Morgan fingerprint density at radius 1 is 0.833 bits per heavy atom. The molecule has 2 aromatic rings. The number of anilines is 1. The molecule has 24 heavy (non-hydrogen) atoms. The zero-order valence-corrected chi connectivity index (χ0v) is 14.8. The normalized spacial score (nSPS) is 16.5. The average Bonchev–Trinajstić information content (AvgIpc) is 2.55. The maximum absolute atomic E-state index is 12.6. The molecule has 1 saturated heterocycles. The second-order valence-corrected chi connectivity index (χ2v) is 8.04. The summed E-state index contributed by atoms with van der Waals surface area (Å²) in [6, 6.07) is 14.5. The van der Waals surface area contributed by atoms with Crippen molar-refractivity contribution in [3.8, 4) is 0 Å². The van der Waals surface area contributed by atoms with E-state index in [0.717, 1.165) is 13.7 Å². The minimum absolute atomic E-state index is 0.0412. The molecule has 8 heteroatoms. The van der Waals surface area contributed by atoms with Crippen LogP contribution in [0.1, 0.15) is 0 Å². The van der Waals surface area contributed by atoms with Gasteiger partial charge in [-0.15, -0.1) is 0 Å². The number of sulfonamides is 1. The van der Waals surface area contributed by atoms with Gasteiger partial charge >= 0.3 is 0 Å². The molecule has 0 unspecified atom stereocenters. The van der Waals surface area contributed by atoms with Crippen molar-refractivity contribution in [2.24, 2.45) is 0 Å². The molecule has 0 aliphatic carbocycles. The number of hydrogen-bond donors (Lipinski definition) is 0. The van der Waals surface area contributed by atoms with Crippen LogP contribution in [0.25, 0.3) is 0 Å². The van der Waals surface area contributed by atoms with Crippen LogP contribution in [0.3, 0.4) is 0 Å². The maximum Gasteiger partial charge on any atom is 0.249 e. The van der Waals surface area contributed by atoms with E-state index in [1.54, 1.807) is 42.5 Å². The van der Waals surface area contributed by atoms with Gasteiger partial charge in [-0.25, -0.2) is 13.3 Å². The van der Waals surface area contributed by atoms with Crippen LogP contribution in [0.2, 0.25) is 0 Å². The fraction of sp³-hybridized carbons (Fsp3) is 0.125. The Morgan fingerprint density at radius 3 is 1.92 bits per heavy atom. The Bertz CT molecular complexity index is 864. The molecule has 6 nitrogen and oxygen atoms in total. The lowest BCUT2D eigenvalue weighted by Gasteiger charge is -2.31. The van der Waals surface area contributed by atoms with Crippen molar-refractivity contribution in [2.75, 3.05) is 18.0 Å². The smallest absolute Gasteiger partial charge is 0.249 e. The highest BCUT2D eigenvalue weighted by Gasteiger charge is 2.38. The molecule has 0 saturated carbocycles. The first-order valence-electron chi connectivity index (χ1n) is 7.06. The van der Waals surface area contributed by atoms with Crippen molar-refractivity contribution in [3.63, 3.8) is 0 Å². The number of piperazine rings is 1. The van der Waals surface area contributed by atoms with E-state index in [-0.39, 0.29) is 18.0 Å². The number of amides is 2. The second-order valence-electron chi connectivity index (χ2n) is 5.19. The molecule has 124 valence electrons. The summed E-state index contributed by atoms with van der Waals surface area (Å²) in [6.45, 7) is -0.752. The Hall–Kier alpha value is -2.03. The number of hydrogen-bond acceptors (Lipinski definition) is 4. The number of benzene rings is 2. The molecular formula is C16H13BrN2O4S. The van der Waals surface area contributed by atoms with E-state index in [4.69, 9.17) is 0 Å². The van der Waals surface area contributed by atoms with Crippen LogP contribution < -0.4 is 4.90 Å². The molecule has 0 N–H and O–H groups in total. The molecule has 0 aromatic heterocycles. The summed E-state index contributed by atoms with van der Waals surface area (Å²) in [5.41, 5.74) is 0.438. The first-order chi connectivity index (χ1) is 11.4. The van der Waals surface area contributed by atoms with Crippen LogP contribution in [0.15, 0.2) is 64.0 Å². The topological polar surface area (TPSA) is 74.8 Å². The van der Waals surface area contributed by atoms with Crippen LogP contribution in [0.5, 0.6) is 0 Å². The van der Waals surface area contributed by atoms with Gasteiger partial charge in [0.15, 0.2) is 0 Å². The van der Waals surface area contributed by atoms with E-state index in [0.29, 0.717) is 5.69 Å². The molecular weight excluding hydrogens is 396 g/mol. The lowest BCUT2D eigenvalue weighted by Crippen LogP contribution is -2.55. The lowest BCUT2D eigenvalue weighted by molar-refractivity contribution is -0.130. The maximum atomic E-state index is 12.6. The average molecular weight is 409 g/mol. The molecule has 0 bridgehead atoms. The standard InChI is InChI=1S/C16H13BrN2O4S/c17-12-6-8-14(9-7-12)24(22,23)18-10-15(20)19(16(21)11-18)13-4-2-1-3-5-13/h1-9H,10-11H2. The molecule has 1 aliphatic rings. The lowest BCUT2D eigenvalue weighted by atomic mass is 10.2. The fourth-order valence-corrected chi connectivity index (χ4v) is 4.03. The van der Waals surface area contributed by atoms with Gasteiger partial charge < -0.3 is 0 Å². The van der Waals surface area contributed by atoms with E-state index in [9.17, 15) is 18.0 Å². The van der Waals surface area contributed by atoms with Gasteiger partial charge in [0.05, 0.1) is 23.7 Å². The van der Waals surface area contributed by atoms with Crippen molar-refractivity contribution in [2.45, 2.75) is 4.90 Å². The summed E-state index contributed by atoms with van der Waals surface area (Å²) in [6.07, 6.45) is 0. The third-order valence-corrected chi connectivity index (χ3v) is 5.92. The van der Waals surface area contributed by atoms with Crippen LogP contribution >= 0.6 is 15.9 Å². The van der Waals surface area contributed by atoms with Gasteiger partial charge in [-0.3, -0.25) is 9.59 Å². The van der Waals surface area contributed by atoms with Crippen molar-refractivity contribution in [3.05, 3.63) is 59.1 Å². The van der Waals surface area contributed by atoms with E-state index in [2.05, 4.69) is 15.9 Å². The minimum Gasteiger partial charge on any atom is -0.272 e. The number of rotatable bonds is 3. The Kier molecular flexibility index (Phi) is 4.53. The molecule has 2 amide bonds. The Labute approximate surface area is 147 Å². The van der Waals surface area contributed by atoms with Gasteiger partial charge in [-0.2, -0.15) is 4.31 Å². The summed E-state index contributed by atoms with van der Waals surface area (Å²) >= 11 is 3.24. The number of imide groups is 1. The highest BCUT2D eigenvalue weighted by atomic mass is 79.9. The Morgan fingerprint density at radius 2 is 1.38 bits per heavy atom. The van der Waals surface area contributed by atoms with Crippen molar-refractivity contribution >= 4 is 43.5 Å². The summed E-state index contributed by atoms with van der Waals surface area (Å²) in [5, 5.41) is 0. The highest BCUT2D eigenvalue weighted by Crippen LogP contribution is 2.23. The second kappa shape index (κ2) is 6.46. The molecule has 3 rings (SSSR count). The van der Waals surface area contributed by atoms with Gasteiger partial charge in [0, 0.05) is 4.47 Å². The van der Waals surface area contributed by atoms with Crippen LogP contribution in [-0.2, 0) is 19.6 Å². The molecule has 1 aliphatic heterocycles. The molecule has 0 spiro atoms. The monoisotopic (exact) mass is 408 g/mol. The summed E-state index contributed by atoms with van der Waals surface area (Å²) in [4.78, 5) is 25.7. The fourth-order valence-electron chi connectivity index (χ4n) is 2.43. The summed E-state index contributed by atoms with van der Waals surface area (Å²) in [7, 11) is -3.91. The van der Waals surface area contributed by atoms with Crippen LogP contribution in [0, 0.1) is 0 Å². The van der Waals surface area contributed by atoms with E-state index >= 15 is 0 Å². The Balaban J connectivity index is 1.87. The number of para-hydroxylation sites is 1. The number of carbonyl (C=O) groups excluding carboxylic acids is 2. The molecule has 1 fully saturated rings. The van der Waals surface area contributed by atoms with Gasteiger partial charge in [-0.05, 0) is 36.4 Å². The SMILES string of the molecule is O=C1CN(S(=O)(=O)c2ccc(Br)cc2)CC(=O)N1c1ccccc1. The van der Waals surface area contributed by atoms with Crippen molar-refractivity contribution < 1.29 is 18.0 Å². The third kappa shape index (κ3) is 3.12. The zero-order valence-electron chi connectivity index (χ0n) is 12.4. The van der Waals surface area contributed by atoms with Crippen molar-refractivity contribution in [1.82, 2.24) is 4.31 Å². The largest absolute Gasteiger partial charge is 0.272 e. The van der Waals surface area contributed by atoms with Gasteiger partial charge in [0.1, 0.15) is 0 Å². The summed E-state index contributed by atoms with van der Waals surface area (Å²) in [5.74, 6) is -1.14. The first-order valence-corrected chi connectivity index (χ1v) is 9.29. The minimum atomic E-state index is -3.91. The van der Waals surface area contributed by atoms with Crippen molar-refractivity contribution in [1.29, 1.82) is 0 Å². The van der Waals surface area contributed by atoms with E-state index in [1.807, 2.05) is 0 Å². The summed E-state index contributed by atoms with van der Waals surface area (Å²) < 4.78 is 26.9. The molecule has 0 radical (unpaired) electrons. The first kappa shape index (κ1) is 16.8. The van der Waals surface area contributed by atoms with E-state index < -0.39 is 21.8 Å². The highest BCUT2D eigenvalue weighted by molar-refractivity contribution is 9.10. The number of carbonyl (C=O) groups is 2. The number of nitrogens with zero attached hydrogens (tertiary/aromatic N) is 2.